The van der Waals surface area contributed by atoms with Gasteiger partial charge in [-0.2, -0.15) is 0 Å². The van der Waals surface area contributed by atoms with Gasteiger partial charge >= 0.3 is 0 Å². The molecule has 4 heteroatoms. The minimum atomic E-state index is 0.0808. The van der Waals surface area contributed by atoms with E-state index in [0.29, 0.717) is 0 Å². The van der Waals surface area contributed by atoms with Crippen LogP contribution >= 0.6 is 22.9 Å². The Labute approximate surface area is 129 Å². The van der Waals surface area contributed by atoms with Gasteiger partial charge in [-0.1, -0.05) is 36.2 Å². The van der Waals surface area contributed by atoms with Gasteiger partial charge in [0.15, 0.2) is 0 Å². The van der Waals surface area contributed by atoms with Crippen LogP contribution in [0.15, 0.2) is 29.6 Å². The zero-order valence-electron chi connectivity index (χ0n) is 12.1. The predicted octanol–water partition coefficient (Wildman–Crippen LogP) is 4.81. The Morgan fingerprint density at radius 3 is 2.75 bits per heavy atom. The highest BCUT2D eigenvalue weighted by molar-refractivity contribution is 7.10. The molecule has 0 saturated carbocycles. The van der Waals surface area contributed by atoms with E-state index in [1.165, 1.54) is 5.56 Å². The van der Waals surface area contributed by atoms with Crippen LogP contribution in [-0.2, 0) is 0 Å². The topological polar surface area (TPSA) is 21.3 Å². The van der Waals surface area contributed by atoms with Crippen molar-refractivity contribution in [1.29, 1.82) is 0 Å². The molecule has 20 heavy (non-hydrogen) atoms. The van der Waals surface area contributed by atoms with Gasteiger partial charge in [0.25, 0.3) is 0 Å². The third-order valence-electron chi connectivity index (χ3n) is 3.20. The molecule has 2 nitrogen and oxygen atoms in total. The van der Waals surface area contributed by atoms with Gasteiger partial charge in [-0.05, 0) is 37.4 Å². The Kier molecular flexibility index (Phi) is 5.46. The summed E-state index contributed by atoms with van der Waals surface area (Å²) in [5.41, 5.74) is 2.36. The standard InChI is InChI=1S/C16H20ClNOS/c1-4-8-18-15(16-13(17)7-9-20-16)12-10-11(2)5-6-14(12)19-3/h5-7,9-10,15,18H,4,8H2,1-3H3. The van der Waals surface area contributed by atoms with Crippen LogP contribution in [0.25, 0.3) is 0 Å². The van der Waals surface area contributed by atoms with Crippen molar-refractivity contribution in [3.8, 4) is 5.75 Å². The van der Waals surface area contributed by atoms with Gasteiger partial charge in [0.05, 0.1) is 18.2 Å². The van der Waals surface area contributed by atoms with Crippen LogP contribution in [0.2, 0.25) is 5.02 Å². The van der Waals surface area contributed by atoms with E-state index in [4.69, 9.17) is 16.3 Å². The Morgan fingerprint density at radius 2 is 2.15 bits per heavy atom. The Bertz CT molecular complexity index is 567. The number of halogens is 1. The highest BCUT2D eigenvalue weighted by Crippen LogP contribution is 2.37. The molecular formula is C16H20ClNOS. The molecule has 1 N–H and O–H groups in total. The minimum absolute atomic E-state index is 0.0808. The Morgan fingerprint density at radius 1 is 1.35 bits per heavy atom. The monoisotopic (exact) mass is 309 g/mol. The number of methoxy groups -OCH3 is 1. The van der Waals surface area contributed by atoms with Crippen LogP contribution in [0.5, 0.6) is 5.75 Å². The molecule has 0 spiro atoms. The number of ether oxygens (including phenoxy) is 1. The van der Waals surface area contributed by atoms with E-state index < -0.39 is 0 Å². The lowest BCUT2D eigenvalue weighted by Crippen LogP contribution is -2.23. The van der Waals surface area contributed by atoms with Gasteiger partial charge in [-0.3, -0.25) is 0 Å². The zero-order chi connectivity index (χ0) is 14.5. The Balaban J connectivity index is 2.46. The van der Waals surface area contributed by atoms with Crippen molar-refractivity contribution in [2.75, 3.05) is 13.7 Å². The molecule has 1 aromatic heterocycles. The lowest BCUT2D eigenvalue weighted by atomic mass is 10.0. The smallest absolute Gasteiger partial charge is 0.124 e. The normalized spacial score (nSPS) is 12.4. The molecule has 108 valence electrons. The van der Waals surface area contributed by atoms with Crippen LogP contribution in [0.1, 0.15) is 35.4 Å². The van der Waals surface area contributed by atoms with Gasteiger partial charge in [-0.15, -0.1) is 11.3 Å². The number of hydrogen-bond acceptors (Lipinski definition) is 3. The summed E-state index contributed by atoms with van der Waals surface area (Å²) < 4.78 is 5.52. The first-order valence-corrected chi connectivity index (χ1v) is 8.04. The lowest BCUT2D eigenvalue weighted by molar-refractivity contribution is 0.404. The molecule has 0 amide bonds. The molecule has 0 bridgehead atoms. The van der Waals surface area contributed by atoms with Crippen LogP contribution in [-0.4, -0.2) is 13.7 Å². The average molecular weight is 310 g/mol. The number of thiophene rings is 1. The third-order valence-corrected chi connectivity index (χ3v) is 4.62. The number of hydrogen-bond donors (Lipinski definition) is 1. The van der Waals surface area contributed by atoms with Gasteiger partial charge in [0.1, 0.15) is 5.75 Å². The predicted molar refractivity (Wildman–Crippen MR) is 87.2 cm³/mol. The first-order chi connectivity index (χ1) is 9.67. The molecule has 2 aromatic rings. The molecule has 0 fully saturated rings. The largest absolute Gasteiger partial charge is 0.496 e. The van der Waals surface area contributed by atoms with Crippen molar-refractivity contribution in [1.82, 2.24) is 5.32 Å². The van der Waals surface area contributed by atoms with Crippen molar-refractivity contribution in [3.05, 3.63) is 50.7 Å². The summed E-state index contributed by atoms with van der Waals surface area (Å²) in [4.78, 5) is 1.14. The van der Waals surface area contributed by atoms with Crippen LogP contribution in [0.4, 0.5) is 0 Å². The molecule has 1 aromatic carbocycles. The highest BCUT2D eigenvalue weighted by atomic mass is 35.5. The van der Waals surface area contributed by atoms with Gasteiger partial charge in [0, 0.05) is 10.4 Å². The second kappa shape index (κ2) is 7.11. The fourth-order valence-corrected chi connectivity index (χ4v) is 3.48. The van der Waals surface area contributed by atoms with E-state index in [1.54, 1.807) is 18.4 Å². The van der Waals surface area contributed by atoms with E-state index in [0.717, 1.165) is 34.2 Å². The van der Waals surface area contributed by atoms with E-state index >= 15 is 0 Å². The molecule has 0 saturated heterocycles. The second-order valence-electron chi connectivity index (χ2n) is 4.77. The zero-order valence-corrected chi connectivity index (χ0v) is 13.6. The third kappa shape index (κ3) is 3.35. The minimum Gasteiger partial charge on any atom is -0.496 e. The van der Waals surface area contributed by atoms with E-state index in [2.05, 4.69) is 31.3 Å². The van der Waals surface area contributed by atoms with E-state index in [9.17, 15) is 0 Å². The van der Waals surface area contributed by atoms with Gasteiger partial charge in [-0.25, -0.2) is 0 Å². The summed E-state index contributed by atoms with van der Waals surface area (Å²) in [5.74, 6) is 0.897. The van der Waals surface area contributed by atoms with Crippen molar-refractivity contribution in [3.63, 3.8) is 0 Å². The average Bonchev–Trinajstić information content (AvgIpc) is 2.86. The fourth-order valence-electron chi connectivity index (χ4n) is 2.22. The molecule has 1 unspecified atom stereocenters. The number of benzene rings is 1. The fraction of sp³-hybridized carbons (Fsp3) is 0.375. The summed E-state index contributed by atoms with van der Waals surface area (Å²) in [6.07, 6.45) is 1.08. The molecule has 0 aliphatic heterocycles. The second-order valence-corrected chi connectivity index (χ2v) is 6.12. The molecule has 2 rings (SSSR count). The maximum Gasteiger partial charge on any atom is 0.124 e. The van der Waals surface area contributed by atoms with Crippen molar-refractivity contribution >= 4 is 22.9 Å². The van der Waals surface area contributed by atoms with Crippen molar-refractivity contribution in [2.45, 2.75) is 26.3 Å². The molecule has 0 aliphatic carbocycles. The van der Waals surface area contributed by atoms with Crippen LogP contribution in [0, 0.1) is 6.92 Å². The molecule has 1 heterocycles. The number of aryl methyl sites for hydroxylation is 1. The maximum absolute atomic E-state index is 6.33. The quantitative estimate of drug-likeness (QED) is 0.827. The Hall–Kier alpha value is -1.03. The summed E-state index contributed by atoms with van der Waals surface area (Å²) >= 11 is 8.01. The van der Waals surface area contributed by atoms with Gasteiger partial charge < -0.3 is 10.1 Å². The maximum atomic E-state index is 6.33. The first kappa shape index (κ1) is 15.4. The lowest BCUT2D eigenvalue weighted by Gasteiger charge is -2.21. The van der Waals surface area contributed by atoms with Crippen LogP contribution in [0.3, 0.4) is 0 Å². The van der Waals surface area contributed by atoms with Gasteiger partial charge in [0.2, 0.25) is 0 Å². The molecule has 0 radical (unpaired) electrons. The van der Waals surface area contributed by atoms with Crippen molar-refractivity contribution in [2.24, 2.45) is 0 Å². The summed E-state index contributed by atoms with van der Waals surface area (Å²) in [7, 11) is 1.71. The number of rotatable bonds is 6. The molecule has 1 atom stereocenters. The van der Waals surface area contributed by atoms with E-state index in [1.807, 2.05) is 17.5 Å². The number of nitrogens with one attached hydrogen (secondary N) is 1. The molecule has 0 aliphatic rings. The van der Waals surface area contributed by atoms with E-state index in [-0.39, 0.29) is 6.04 Å². The summed E-state index contributed by atoms with van der Waals surface area (Å²) in [6.45, 7) is 5.19. The SMILES string of the molecule is CCCNC(c1cc(C)ccc1OC)c1sccc1Cl. The van der Waals surface area contributed by atoms with Crippen LogP contribution < -0.4 is 10.1 Å². The molecular weight excluding hydrogens is 290 g/mol. The van der Waals surface area contributed by atoms with Crippen molar-refractivity contribution < 1.29 is 4.74 Å². The highest BCUT2D eigenvalue weighted by Gasteiger charge is 2.21. The summed E-state index contributed by atoms with van der Waals surface area (Å²) in [5, 5.41) is 6.42. The summed E-state index contributed by atoms with van der Waals surface area (Å²) in [6, 6.07) is 8.28. The first-order valence-electron chi connectivity index (χ1n) is 6.78.